The Labute approximate surface area is 82.4 Å². The summed E-state index contributed by atoms with van der Waals surface area (Å²) in [6.45, 7) is 4.43. The Bertz CT molecular complexity index is 311. The Hall–Kier alpha value is -0.860. The molecule has 0 spiro atoms. The highest BCUT2D eigenvalue weighted by atomic mass is 32.1. The van der Waals surface area contributed by atoms with Gasteiger partial charge < -0.3 is 4.74 Å². The maximum atomic E-state index is 5.70. The molecule has 1 nitrogen and oxygen atoms in total. The minimum Gasteiger partial charge on any atom is -0.368 e. The van der Waals surface area contributed by atoms with E-state index in [1.54, 1.807) is 11.3 Å². The SMILES string of the molecule is C=CC1=CC[C@@H](c2cccs2)OC1. The third-order valence-corrected chi connectivity index (χ3v) is 3.13. The summed E-state index contributed by atoms with van der Waals surface area (Å²) in [5.74, 6) is 0. The number of thiophene rings is 1. The molecule has 0 saturated heterocycles. The van der Waals surface area contributed by atoms with Gasteiger partial charge >= 0.3 is 0 Å². The summed E-state index contributed by atoms with van der Waals surface area (Å²) in [4.78, 5) is 1.32. The fraction of sp³-hybridized carbons (Fsp3) is 0.273. The third-order valence-electron chi connectivity index (χ3n) is 2.17. The lowest BCUT2D eigenvalue weighted by Gasteiger charge is -2.20. The Morgan fingerprint density at radius 3 is 3.08 bits per heavy atom. The maximum Gasteiger partial charge on any atom is 0.0955 e. The molecule has 1 aliphatic heterocycles. The molecule has 0 N–H and O–H groups in total. The molecule has 0 fully saturated rings. The van der Waals surface area contributed by atoms with E-state index < -0.39 is 0 Å². The van der Waals surface area contributed by atoms with Gasteiger partial charge in [0.1, 0.15) is 0 Å². The van der Waals surface area contributed by atoms with E-state index in [4.69, 9.17) is 4.74 Å². The summed E-state index contributed by atoms with van der Waals surface area (Å²) in [7, 11) is 0. The summed E-state index contributed by atoms with van der Waals surface area (Å²) in [5.41, 5.74) is 1.20. The zero-order valence-corrected chi connectivity index (χ0v) is 8.22. The summed E-state index contributed by atoms with van der Waals surface area (Å²) >= 11 is 1.76. The second kappa shape index (κ2) is 3.90. The Kier molecular flexibility index (Phi) is 2.62. The first-order valence-electron chi connectivity index (χ1n) is 4.36. The van der Waals surface area contributed by atoms with Crippen LogP contribution in [0.15, 0.2) is 41.8 Å². The molecule has 0 bridgehead atoms. The van der Waals surface area contributed by atoms with Crippen molar-refractivity contribution in [3.8, 4) is 0 Å². The van der Waals surface area contributed by atoms with Gasteiger partial charge in [0.25, 0.3) is 0 Å². The molecular formula is C11H12OS. The second-order valence-corrected chi connectivity index (χ2v) is 4.01. The monoisotopic (exact) mass is 192 g/mol. The van der Waals surface area contributed by atoms with Gasteiger partial charge in [-0.05, 0) is 23.4 Å². The van der Waals surface area contributed by atoms with E-state index in [-0.39, 0.29) is 6.10 Å². The molecule has 0 amide bonds. The van der Waals surface area contributed by atoms with Crippen LogP contribution in [0.5, 0.6) is 0 Å². The normalized spacial score (nSPS) is 22.5. The van der Waals surface area contributed by atoms with Crippen LogP contribution in [-0.4, -0.2) is 6.61 Å². The van der Waals surface area contributed by atoms with Gasteiger partial charge in [-0.25, -0.2) is 0 Å². The minimum atomic E-state index is 0.267. The highest BCUT2D eigenvalue weighted by molar-refractivity contribution is 7.10. The molecule has 0 aromatic carbocycles. The lowest BCUT2D eigenvalue weighted by molar-refractivity contribution is 0.0660. The lowest BCUT2D eigenvalue weighted by Crippen LogP contribution is -2.09. The third kappa shape index (κ3) is 1.90. The number of ether oxygens (including phenoxy) is 1. The zero-order chi connectivity index (χ0) is 9.10. The molecule has 68 valence electrons. The molecule has 2 heteroatoms. The van der Waals surface area contributed by atoms with Gasteiger partial charge in [0, 0.05) is 4.88 Å². The van der Waals surface area contributed by atoms with E-state index in [0.717, 1.165) is 6.42 Å². The van der Waals surface area contributed by atoms with Crippen LogP contribution in [-0.2, 0) is 4.74 Å². The summed E-state index contributed by atoms with van der Waals surface area (Å²) in [6.07, 6.45) is 5.32. The van der Waals surface area contributed by atoms with E-state index >= 15 is 0 Å². The molecular weight excluding hydrogens is 180 g/mol. The molecule has 0 radical (unpaired) electrons. The average molecular weight is 192 g/mol. The molecule has 1 aromatic rings. The van der Waals surface area contributed by atoms with E-state index in [9.17, 15) is 0 Å². The fourth-order valence-corrected chi connectivity index (χ4v) is 2.18. The first-order chi connectivity index (χ1) is 6.40. The van der Waals surface area contributed by atoms with Gasteiger partial charge in [-0.2, -0.15) is 0 Å². The van der Waals surface area contributed by atoms with Crippen LogP contribution >= 0.6 is 11.3 Å². The van der Waals surface area contributed by atoms with Crippen molar-refractivity contribution in [2.75, 3.05) is 6.61 Å². The highest BCUT2D eigenvalue weighted by Crippen LogP contribution is 2.29. The summed E-state index contributed by atoms with van der Waals surface area (Å²) < 4.78 is 5.70. The Morgan fingerprint density at radius 2 is 2.54 bits per heavy atom. The zero-order valence-electron chi connectivity index (χ0n) is 7.40. The maximum absolute atomic E-state index is 5.70. The van der Waals surface area contributed by atoms with E-state index in [1.807, 2.05) is 6.08 Å². The molecule has 1 atom stereocenters. The Morgan fingerprint density at radius 1 is 1.62 bits per heavy atom. The van der Waals surface area contributed by atoms with Crippen LogP contribution in [0.1, 0.15) is 17.4 Å². The van der Waals surface area contributed by atoms with E-state index in [0.29, 0.717) is 6.61 Å². The molecule has 0 saturated carbocycles. The minimum absolute atomic E-state index is 0.267. The Balaban J connectivity index is 2.07. The van der Waals surface area contributed by atoms with Gasteiger partial charge in [-0.3, -0.25) is 0 Å². The van der Waals surface area contributed by atoms with Crippen molar-refractivity contribution >= 4 is 11.3 Å². The first kappa shape index (κ1) is 8.73. The topological polar surface area (TPSA) is 9.23 Å². The van der Waals surface area contributed by atoms with Gasteiger partial charge in [0.15, 0.2) is 0 Å². The van der Waals surface area contributed by atoms with Gasteiger partial charge in [0.2, 0.25) is 0 Å². The van der Waals surface area contributed by atoms with Crippen LogP contribution in [0.2, 0.25) is 0 Å². The molecule has 1 aromatic heterocycles. The average Bonchev–Trinajstić information content (AvgIpc) is 2.71. The fourth-order valence-electron chi connectivity index (χ4n) is 1.40. The standard InChI is InChI=1S/C11H12OS/c1-2-9-5-6-10(12-8-9)11-4-3-7-13-11/h2-5,7,10H,1,6,8H2/t10-/m0/s1. The van der Waals surface area contributed by atoms with Crippen molar-refractivity contribution in [3.63, 3.8) is 0 Å². The van der Waals surface area contributed by atoms with Gasteiger partial charge in [-0.1, -0.05) is 24.8 Å². The van der Waals surface area contributed by atoms with Crippen LogP contribution in [0, 0.1) is 0 Å². The van der Waals surface area contributed by atoms with E-state index in [2.05, 4.69) is 30.2 Å². The molecule has 2 rings (SSSR count). The first-order valence-corrected chi connectivity index (χ1v) is 5.24. The van der Waals surface area contributed by atoms with Crippen molar-refractivity contribution in [2.45, 2.75) is 12.5 Å². The molecule has 2 heterocycles. The highest BCUT2D eigenvalue weighted by Gasteiger charge is 2.15. The van der Waals surface area contributed by atoms with Crippen LogP contribution in [0.25, 0.3) is 0 Å². The van der Waals surface area contributed by atoms with Gasteiger partial charge in [0.05, 0.1) is 12.7 Å². The van der Waals surface area contributed by atoms with E-state index in [1.165, 1.54) is 10.5 Å². The molecule has 1 aliphatic rings. The van der Waals surface area contributed by atoms with Crippen LogP contribution in [0.3, 0.4) is 0 Å². The lowest BCUT2D eigenvalue weighted by atomic mass is 10.1. The number of hydrogen-bond acceptors (Lipinski definition) is 2. The predicted octanol–water partition coefficient (Wildman–Crippen LogP) is 3.32. The van der Waals surface area contributed by atoms with Crippen molar-refractivity contribution in [3.05, 3.63) is 46.7 Å². The number of rotatable bonds is 2. The van der Waals surface area contributed by atoms with Crippen molar-refractivity contribution in [2.24, 2.45) is 0 Å². The smallest absolute Gasteiger partial charge is 0.0955 e. The predicted molar refractivity (Wildman–Crippen MR) is 55.9 cm³/mol. The van der Waals surface area contributed by atoms with Gasteiger partial charge in [-0.15, -0.1) is 11.3 Å². The molecule has 0 unspecified atom stereocenters. The molecule has 0 aliphatic carbocycles. The quantitative estimate of drug-likeness (QED) is 0.698. The number of hydrogen-bond donors (Lipinski definition) is 0. The molecule has 13 heavy (non-hydrogen) atoms. The van der Waals surface area contributed by atoms with Crippen molar-refractivity contribution in [1.82, 2.24) is 0 Å². The largest absolute Gasteiger partial charge is 0.368 e. The van der Waals surface area contributed by atoms with Crippen molar-refractivity contribution in [1.29, 1.82) is 0 Å². The summed E-state index contributed by atoms with van der Waals surface area (Å²) in [6, 6.07) is 4.19. The van der Waals surface area contributed by atoms with Crippen LogP contribution in [0.4, 0.5) is 0 Å². The summed E-state index contributed by atoms with van der Waals surface area (Å²) in [5, 5.41) is 2.09. The van der Waals surface area contributed by atoms with Crippen LogP contribution < -0.4 is 0 Å². The van der Waals surface area contributed by atoms with Crippen molar-refractivity contribution < 1.29 is 4.74 Å². The second-order valence-electron chi connectivity index (χ2n) is 3.03.